The molecule has 0 aromatic rings. The number of aliphatic hydroxyl groups excluding tert-OH is 1. The zero-order valence-corrected chi connectivity index (χ0v) is 7.60. The Morgan fingerprint density at radius 2 is 2.54 bits per heavy atom. The van der Waals surface area contributed by atoms with Gasteiger partial charge in [0, 0.05) is 6.08 Å². The van der Waals surface area contributed by atoms with Crippen LogP contribution in [-0.2, 0) is 14.3 Å². The molecule has 2 atom stereocenters. The van der Waals surface area contributed by atoms with Gasteiger partial charge in [0.2, 0.25) is 0 Å². The lowest BCUT2D eigenvalue weighted by atomic mass is 10.2. The zero-order valence-electron chi connectivity index (χ0n) is 7.60. The third kappa shape index (κ3) is 3.16. The first-order valence-corrected chi connectivity index (χ1v) is 4.38. The normalized spacial score (nSPS) is 28.2. The molecule has 0 amide bonds. The molecule has 0 saturated carbocycles. The second-order valence-electron chi connectivity index (χ2n) is 2.80. The zero-order chi connectivity index (χ0) is 9.68. The Morgan fingerprint density at radius 3 is 3.08 bits per heavy atom. The van der Waals surface area contributed by atoms with Crippen molar-refractivity contribution in [3.63, 3.8) is 0 Å². The van der Waals surface area contributed by atoms with Crippen LogP contribution in [0.15, 0.2) is 12.2 Å². The first kappa shape index (κ1) is 10.2. The fourth-order valence-electron chi connectivity index (χ4n) is 1.15. The highest BCUT2D eigenvalue weighted by molar-refractivity contribution is 5.81. The highest BCUT2D eigenvalue weighted by atomic mass is 16.5. The van der Waals surface area contributed by atoms with Gasteiger partial charge in [0.1, 0.15) is 6.10 Å². The van der Waals surface area contributed by atoms with Crippen LogP contribution in [-0.4, -0.2) is 36.5 Å². The van der Waals surface area contributed by atoms with E-state index in [0.29, 0.717) is 19.6 Å². The predicted molar refractivity (Wildman–Crippen MR) is 46.1 cm³/mol. The lowest BCUT2D eigenvalue weighted by Crippen LogP contribution is -2.18. The van der Waals surface area contributed by atoms with E-state index < -0.39 is 12.1 Å². The van der Waals surface area contributed by atoms with Gasteiger partial charge < -0.3 is 14.6 Å². The SMILES string of the molecule is CCOC(=O)/C=C/[C@@H]1OCC[C@H]1O. The topological polar surface area (TPSA) is 55.8 Å². The molecule has 1 N–H and O–H groups in total. The largest absolute Gasteiger partial charge is 0.463 e. The first-order valence-electron chi connectivity index (χ1n) is 4.38. The van der Waals surface area contributed by atoms with E-state index in [-0.39, 0.29) is 6.10 Å². The summed E-state index contributed by atoms with van der Waals surface area (Å²) in [5.41, 5.74) is 0. The molecule has 1 rings (SSSR count). The number of hydrogen-bond donors (Lipinski definition) is 1. The second kappa shape index (κ2) is 4.99. The molecule has 0 spiro atoms. The average molecular weight is 186 g/mol. The molecule has 0 radical (unpaired) electrons. The van der Waals surface area contributed by atoms with Gasteiger partial charge in [0.05, 0.1) is 19.3 Å². The Balaban J connectivity index is 2.34. The molecule has 74 valence electrons. The van der Waals surface area contributed by atoms with Gasteiger partial charge in [0.15, 0.2) is 0 Å². The Kier molecular flexibility index (Phi) is 3.92. The van der Waals surface area contributed by atoms with Crippen LogP contribution < -0.4 is 0 Å². The van der Waals surface area contributed by atoms with Crippen molar-refractivity contribution in [2.45, 2.75) is 25.6 Å². The number of rotatable bonds is 3. The molecule has 0 aromatic heterocycles. The van der Waals surface area contributed by atoms with E-state index in [0.717, 1.165) is 0 Å². The third-order valence-electron chi connectivity index (χ3n) is 1.81. The van der Waals surface area contributed by atoms with Crippen LogP contribution in [0, 0.1) is 0 Å². The van der Waals surface area contributed by atoms with Gasteiger partial charge in [0.25, 0.3) is 0 Å². The predicted octanol–water partition coefficient (Wildman–Crippen LogP) is 0.255. The van der Waals surface area contributed by atoms with Crippen LogP contribution in [0.2, 0.25) is 0 Å². The van der Waals surface area contributed by atoms with Crippen molar-refractivity contribution in [3.05, 3.63) is 12.2 Å². The van der Waals surface area contributed by atoms with Crippen molar-refractivity contribution in [1.29, 1.82) is 0 Å². The van der Waals surface area contributed by atoms with Crippen molar-refractivity contribution >= 4 is 5.97 Å². The van der Waals surface area contributed by atoms with E-state index in [1.54, 1.807) is 6.92 Å². The third-order valence-corrected chi connectivity index (χ3v) is 1.81. The molecule has 1 aliphatic heterocycles. The Hall–Kier alpha value is -0.870. The number of aliphatic hydroxyl groups is 1. The highest BCUT2D eigenvalue weighted by Gasteiger charge is 2.23. The molecule has 0 bridgehead atoms. The van der Waals surface area contributed by atoms with Gasteiger partial charge in [-0.25, -0.2) is 4.79 Å². The molecule has 1 aliphatic rings. The maximum Gasteiger partial charge on any atom is 0.330 e. The molecule has 0 unspecified atom stereocenters. The fraction of sp³-hybridized carbons (Fsp3) is 0.667. The van der Waals surface area contributed by atoms with Gasteiger partial charge in [-0.2, -0.15) is 0 Å². The van der Waals surface area contributed by atoms with Crippen molar-refractivity contribution in [3.8, 4) is 0 Å². The summed E-state index contributed by atoms with van der Waals surface area (Å²) in [7, 11) is 0. The lowest BCUT2D eigenvalue weighted by molar-refractivity contribution is -0.137. The minimum Gasteiger partial charge on any atom is -0.463 e. The van der Waals surface area contributed by atoms with E-state index >= 15 is 0 Å². The molecule has 0 aliphatic carbocycles. The Bertz CT molecular complexity index is 200. The summed E-state index contributed by atoms with van der Waals surface area (Å²) in [6, 6.07) is 0. The molecule has 1 saturated heterocycles. The number of esters is 1. The van der Waals surface area contributed by atoms with Crippen molar-refractivity contribution in [2.24, 2.45) is 0 Å². The van der Waals surface area contributed by atoms with Gasteiger partial charge >= 0.3 is 5.97 Å². The molecular formula is C9H14O4. The molecular weight excluding hydrogens is 172 g/mol. The second-order valence-corrected chi connectivity index (χ2v) is 2.80. The van der Waals surface area contributed by atoms with E-state index in [4.69, 9.17) is 4.74 Å². The lowest BCUT2D eigenvalue weighted by Gasteiger charge is -2.07. The summed E-state index contributed by atoms with van der Waals surface area (Å²) in [4.78, 5) is 10.9. The van der Waals surface area contributed by atoms with Crippen LogP contribution in [0.1, 0.15) is 13.3 Å². The van der Waals surface area contributed by atoms with Crippen LogP contribution in [0.3, 0.4) is 0 Å². The van der Waals surface area contributed by atoms with Gasteiger partial charge in [-0.05, 0) is 19.4 Å². The highest BCUT2D eigenvalue weighted by Crippen LogP contribution is 2.13. The standard InChI is InChI=1S/C9H14O4/c1-2-12-9(11)4-3-8-7(10)5-6-13-8/h3-4,7-8,10H,2,5-6H2,1H3/b4-3+/t7-,8+/m1/s1. The molecule has 4 nitrogen and oxygen atoms in total. The van der Waals surface area contributed by atoms with Crippen LogP contribution in [0.5, 0.6) is 0 Å². The van der Waals surface area contributed by atoms with Crippen molar-refractivity contribution in [2.75, 3.05) is 13.2 Å². The molecule has 1 fully saturated rings. The summed E-state index contributed by atoms with van der Waals surface area (Å²) in [5.74, 6) is -0.398. The number of carbonyl (C=O) groups is 1. The van der Waals surface area contributed by atoms with Gasteiger partial charge in [-0.1, -0.05) is 0 Å². The van der Waals surface area contributed by atoms with E-state index in [2.05, 4.69) is 4.74 Å². The van der Waals surface area contributed by atoms with Gasteiger partial charge in [-0.15, -0.1) is 0 Å². The first-order chi connectivity index (χ1) is 6.24. The Labute approximate surface area is 77.1 Å². The van der Waals surface area contributed by atoms with E-state index in [1.807, 2.05) is 0 Å². The minimum atomic E-state index is -0.495. The molecule has 13 heavy (non-hydrogen) atoms. The summed E-state index contributed by atoms with van der Waals surface area (Å²) in [6.45, 7) is 2.64. The van der Waals surface area contributed by atoms with E-state index in [9.17, 15) is 9.90 Å². The van der Waals surface area contributed by atoms with Crippen molar-refractivity contribution in [1.82, 2.24) is 0 Å². The maximum absolute atomic E-state index is 10.9. The summed E-state index contributed by atoms with van der Waals surface area (Å²) < 4.78 is 9.82. The quantitative estimate of drug-likeness (QED) is 0.507. The van der Waals surface area contributed by atoms with Crippen molar-refractivity contribution < 1.29 is 19.4 Å². The number of hydrogen-bond acceptors (Lipinski definition) is 4. The number of ether oxygens (including phenoxy) is 2. The number of carbonyl (C=O) groups excluding carboxylic acids is 1. The molecule has 0 aromatic carbocycles. The summed E-state index contributed by atoms with van der Waals surface area (Å²) >= 11 is 0. The Morgan fingerprint density at radius 1 is 1.77 bits per heavy atom. The minimum absolute atomic E-state index is 0.357. The maximum atomic E-state index is 10.9. The molecule has 4 heteroatoms. The molecule has 1 heterocycles. The van der Waals surface area contributed by atoms with Crippen LogP contribution in [0.4, 0.5) is 0 Å². The van der Waals surface area contributed by atoms with Gasteiger partial charge in [-0.3, -0.25) is 0 Å². The van der Waals surface area contributed by atoms with Crippen LogP contribution in [0.25, 0.3) is 0 Å². The fourth-order valence-corrected chi connectivity index (χ4v) is 1.15. The summed E-state index contributed by atoms with van der Waals surface area (Å²) in [5, 5.41) is 9.30. The monoisotopic (exact) mass is 186 g/mol. The van der Waals surface area contributed by atoms with Crippen LogP contribution >= 0.6 is 0 Å². The smallest absolute Gasteiger partial charge is 0.330 e. The van der Waals surface area contributed by atoms with E-state index in [1.165, 1.54) is 12.2 Å². The summed E-state index contributed by atoms with van der Waals surface area (Å²) in [6.07, 6.45) is 2.60. The average Bonchev–Trinajstić information content (AvgIpc) is 2.48.